The molecule has 0 spiro atoms. The molecule has 2 aliphatic rings. The van der Waals surface area contributed by atoms with Gasteiger partial charge in [0.15, 0.2) is 0 Å². The molecular formula is C22H25ClN4O. The predicted octanol–water partition coefficient (Wildman–Crippen LogP) is 3.81. The third kappa shape index (κ3) is 3.76. The lowest BCUT2D eigenvalue weighted by Crippen LogP contribution is -2.49. The molecule has 0 saturated carbocycles. The Labute approximate surface area is 172 Å². The van der Waals surface area contributed by atoms with Crippen LogP contribution >= 0.6 is 12.4 Å². The van der Waals surface area contributed by atoms with Gasteiger partial charge in [0.25, 0.3) is 0 Å². The van der Waals surface area contributed by atoms with E-state index in [0.717, 1.165) is 16.8 Å². The van der Waals surface area contributed by atoms with E-state index >= 15 is 0 Å². The summed E-state index contributed by atoms with van der Waals surface area (Å²) < 4.78 is 0. The summed E-state index contributed by atoms with van der Waals surface area (Å²) >= 11 is 0. The zero-order valence-corrected chi connectivity index (χ0v) is 16.9. The summed E-state index contributed by atoms with van der Waals surface area (Å²) in [6.07, 6.45) is 2.15. The highest BCUT2D eigenvalue weighted by atomic mass is 35.5. The van der Waals surface area contributed by atoms with E-state index in [9.17, 15) is 4.79 Å². The van der Waals surface area contributed by atoms with Gasteiger partial charge in [-0.05, 0) is 22.8 Å². The monoisotopic (exact) mass is 396 g/mol. The van der Waals surface area contributed by atoms with E-state index in [1.807, 2.05) is 41.2 Å². The fraction of sp³-hybridized carbons (Fsp3) is 0.273. The number of likely N-dealkylation sites (tertiary alicyclic amines) is 1. The fourth-order valence-corrected chi connectivity index (χ4v) is 4.07. The molecule has 1 fully saturated rings. The van der Waals surface area contributed by atoms with E-state index < -0.39 is 0 Å². The van der Waals surface area contributed by atoms with Crippen LogP contribution in [-0.2, 0) is 0 Å². The van der Waals surface area contributed by atoms with Crippen LogP contribution in [0, 0.1) is 5.92 Å². The number of piperidine rings is 1. The first-order valence-electron chi connectivity index (χ1n) is 9.26. The lowest BCUT2D eigenvalue weighted by atomic mass is 9.83. The first-order valence-corrected chi connectivity index (χ1v) is 9.26. The van der Waals surface area contributed by atoms with Crippen molar-refractivity contribution in [3.63, 3.8) is 0 Å². The van der Waals surface area contributed by atoms with Gasteiger partial charge >= 0.3 is 6.03 Å². The zero-order chi connectivity index (χ0) is 18.8. The molecule has 6 heteroatoms. The Bertz CT molecular complexity index is 882. The molecule has 0 aliphatic carbocycles. The third-order valence-electron chi connectivity index (χ3n) is 5.29. The van der Waals surface area contributed by atoms with Gasteiger partial charge in [0, 0.05) is 33.1 Å². The number of benzene rings is 2. The van der Waals surface area contributed by atoms with Gasteiger partial charge in [-0.1, -0.05) is 60.7 Å². The van der Waals surface area contributed by atoms with E-state index in [4.69, 9.17) is 5.10 Å². The van der Waals surface area contributed by atoms with Crippen molar-refractivity contribution < 1.29 is 4.79 Å². The Morgan fingerprint density at radius 2 is 1.75 bits per heavy atom. The number of nitrogens with one attached hydrogen (secondary N) is 1. The molecule has 0 radical (unpaired) electrons. The Hall–Kier alpha value is -2.79. The molecule has 1 N–H and O–H groups in total. The lowest BCUT2D eigenvalue weighted by Gasteiger charge is -2.35. The van der Waals surface area contributed by atoms with Crippen molar-refractivity contribution in [1.82, 2.24) is 15.2 Å². The number of carbonyl (C=O) groups excluding carboxylic acids is 1. The van der Waals surface area contributed by atoms with Gasteiger partial charge < -0.3 is 10.2 Å². The normalized spacial score (nSPS) is 22.4. The molecule has 2 amide bonds. The van der Waals surface area contributed by atoms with Gasteiger partial charge in [-0.25, -0.2) is 4.79 Å². The number of hydrazone groups is 1. The quantitative estimate of drug-likeness (QED) is 0.839. The Kier molecular flexibility index (Phi) is 6.05. The summed E-state index contributed by atoms with van der Waals surface area (Å²) in [6, 6.07) is 20.7. The van der Waals surface area contributed by atoms with Crippen LogP contribution in [-0.4, -0.2) is 48.8 Å². The van der Waals surface area contributed by atoms with Crippen molar-refractivity contribution in [3.05, 3.63) is 77.4 Å². The number of rotatable bonds is 2. The van der Waals surface area contributed by atoms with Crippen LogP contribution < -0.4 is 5.32 Å². The van der Waals surface area contributed by atoms with Crippen LogP contribution in [0.25, 0.3) is 6.08 Å². The van der Waals surface area contributed by atoms with Crippen LogP contribution in [0.15, 0.2) is 71.3 Å². The SMILES string of the molecule is CNC(=O)N1C/C(=C\c2ccccc2)C2=NN(C)C(c3ccccc3)C2C1.Cl. The first-order chi connectivity index (χ1) is 13.2. The van der Waals surface area contributed by atoms with Gasteiger partial charge in [0.1, 0.15) is 0 Å². The molecule has 28 heavy (non-hydrogen) atoms. The second kappa shape index (κ2) is 8.48. The number of hydrogen-bond donors (Lipinski definition) is 1. The summed E-state index contributed by atoms with van der Waals surface area (Å²) in [4.78, 5) is 14.3. The van der Waals surface area contributed by atoms with Gasteiger partial charge in [-0.3, -0.25) is 5.01 Å². The topological polar surface area (TPSA) is 47.9 Å². The van der Waals surface area contributed by atoms with Gasteiger partial charge in [-0.15, -0.1) is 12.4 Å². The van der Waals surface area contributed by atoms with Crippen LogP contribution in [0.2, 0.25) is 0 Å². The highest BCUT2D eigenvalue weighted by Crippen LogP contribution is 2.39. The molecule has 2 heterocycles. The fourth-order valence-electron chi connectivity index (χ4n) is 4.07. The molecule has 5 nitrogen and oxygen atoms in total. The van der Waals surface area contributed by atoms with Crippen LogP contribution in [0.4, 0.5) is 4.79 Å². The van der Waals surface area contributed by atoms with Gasteiger partial charge in [0.2, 0.25) is 0 Å². The summed E-state index contributed by atoms with van der Waals surface area (Å²) in [5.41, 5.74) is 4.54. The Morgan fingerprint density at radius 1 is 1.11 bits per heavy atom. The second-order valence-corrected chi connectivity index (χ2v) is 7.04. The van der Waals surface area contributed by atoms with Crippen molar-refractivity contribution in [2.45, 2.75) is 6.04 Å². The maximum Gasteiger partial charge on any atom is 0.317 e. The van der Waals surface area contributed by atoms with E-state index in [1.54, 1.807) is 7.05 Å². The number of fused-ring (bicyclic) bond motifs is 1. The molecule has 2 aromatic carbocycles. The maximum atomic E-state index is 12.4. The van der Waals surface area contributed by atoms with Crippen LogP contribution in [0.5, 0.6) is 0 Å². The lowest BCUT2D eigenvalue weighted by molar-refractivity contribution is 0.180. The number of urea groups is 1. The summed E-state index contributed by atoms with van der Waals surface area (Å²) in [5.74, 6) is 0.151. The number of halogens is 1. The number of carbonyl (C=O) groups is 1. The average Bonchev–Trinajstić information content (AvgIpc) is 3.05. The molecule has 2 aliphatic heterocycles. The molecule has 2 atom stereocenters. The molecule has 0 bridgehead atoms. The first kappa shape index (κ1) is 20.0. The molecule has 0 aromatic heterocycles. The van der Waals surface area contributed by atoms with Crippen molar-refractivity contribution >= 4 is 30.2 Å². The Morgan fingerprint density at radius 3 is 2.39 bits per heavy atom. The van der Waals surface area contributed by atoms with Crippen molar-refractivity contribution in [3.8, 4) is 0 Å². The van der Waals surface area contributed by atoms with Crippen LogP contribution in [0.1, 0.15) is 17.2 Å². The van der Waals surface area contributed by atoms with Crippen LogP contribution in [0.3, 0.4) is 0 Å². The summed E-state index contributed by atoms with van der Waals surface area (Å²) in [5, 5.41) is 9.70. The third-order valence-corrected chi connectivity index (χ3v) is 5.29. The summed E-state index contributed by atoms with van der Waals surface area (Å²) in [6.45, 7) is 1.23. The largest absolute Gasteiger partial charge is 0.341 e. The number of amides is 2. The molecule has 4 rings (SSSR count). The van der Waals surface area contributed by atoms with Crippen molar-refractivity contribution in [1.29, 1.82) is 0 Å². The minimum atomic E-state index is -0.0469. The van der Waals surface area contributed by atoms with Gasteiger partial charge in [0.05, 0.1) is 11.8 Å². The van der Waals surface area contributed by atoms with Crippen molar-refractivity contribution in [2.24, 2.45) is 11.0 Å². The minimum absolute atomic E-state index is 0. The van der Waals surface area contributed by atoms with E-state index in [-0.39, 0.29) is 30.4 Å². The predicted molar refractivity (Wildman–Crippen MR) is 116 cm³/mol. The standard InChI is InChI=1S/C22H24N4O.ClH/c1-23-22(27)26-14-18(13-16-9-5-3-6-10-16)20-19(15-26)21(25(2)24-20)17-11-7-4-8-12-17;/h3-13,19,21H,14-15H2,1-2H3,(H,23,27);1H/b18-13+;. The van der Waals surface area contributed by atoms with E-state index in [0.29, 0.717) is 13.1 Å². The minimum Gasteiger partial charge on any atom is -0.341 e. The second-order valence-electron chi connectivity index (χ2n) is 7.04. The van der Waals surface area contributed by atoms with E-state index in [2.05, 4.69) is 47.8 Å². The van der Waals surface area contributed by atoms with E-state index in [1.165, 1.54) is 5.56 Å². The molecule has 146 valence electrons. The van der Waals surface area contributed by atoms with Gasteiger partial charge in [-0.2, -0.15) is 5.10 Å². The number of hydrogen-bond acceptors (Lipinski definition) is 3. The maximum absolute atomic E-state index is 12.4. The average molecular weight is 397 g/mol. The highest BCUT2D eigenvalue weighted by molar-refractivity contribution is 6.08. The highest BCUT2D eigenvalue weighted by Gasteiger charge is 2.43. The smallest absolute Gasteiger partial charge is 0.317 e. The number of nitrogens with zero attached hydrogens (tertiary/aromatic N) is 3. The Balaban J connectivity index is 0.00000225. The summed E-state index contributed by atoms with van der Waals surface area (Å²) in [7, 11) is 3.70. The zero-order valence-electron chi connectivity index (χ0n) is 16.1. The van der Waals surface area contributed by atoms with Crippen molar-refractivity contribution in [2.75, 3.05) is 27.2 Å². The molecular weight excluding hydrogens is 372 g/mol. The molecule has 1 saturated heterocycles. The molecule has 2 unspecified atom stereocenters. The molecule has 2 aromatic rings.